The summed E-state index contributed by atoms with van der Waals surface area (Å²) in [4.78, 5) is 26.1. The van der Waals surface area contributed by atoms with Gasteiger partial charge in [0.05, 0.1) is 25.2 Å². The summed E-state index contributed by atoms with van der Waals surface area (Å²) in [6.07, 6.45) is 55.3. The minimum atomic E-state index is -0.787. The van der Waals surface area contributed by atoms with Crippen LogP contribution in [0.5, 0.6) is 0 Å². The summed E-state index contributed by atoms with van der Waals surface area (Å²) in [5.41, 5.74) is 0. The van der Waals surface area contributed by atoms with Gasteiger partial charge in [-0.15, -0.1) is 0 Å². The molecule has 0 heterocycles. The average Bonchev–Trinajstić information content (AvgIpc) is 3.24. The Morgan fingerprint density at radius 2 is 0.900 bits per heavy atom. The van der Waals surface area contributed by atoms with Gasteiger partial charge in [-0.3, -0.25) is 9.59 Å². The molecule has 6 nitrogen and oxygen atoms in total. The number of rotatable bonds is 48. The molecule has 60 heavy (non-hydrogen) atoms. The Morgan fingerprint density at radius 3 is 1.35 bits per heavy atom. The molecular formula is C54H103NO5. The molecule has 0 aromatic rings. The average molecular weight is 846 g/mol. The highest BCUT2D eigenvalue weighted by atomic mass is 16.5. The minimum Gasteiger partial charge on any atom is -0.462 e. The monoisotopic (exact) mass is 846 g/mol. The van der Waals surface area contributed by atoms with Crippen molar-refractivity contribution in [2.24, 2.45) is 0 Å². The normalized spacial score (nSPS) is 13.3. The van der Waals surface area contributed by atoms with Gasteiger partial charge in [0.25, 0.3) is 0 Å². The van der Waals surface area contributed by atoms with E-state index in [0.29, 0.717) is 19.3 Å². The molecule has 0 aromatic carbocycles. The number of unbranched alkanes of at least 4 members (excludes halogenated alkanes) is 32. The Labute approximate surface area is 373 Å². The van der Waals surface area contributed by atoms with Crippen molar-refractivity contribution in [2.45, 2.75) is 302 Å². The fourth-order valence-corrected chi connectivity index (χ4v) is 8.29. The molecule has 0 bridgehead atoms. The maximum atomic E-state index is 13.2. The molecule has 0 aliphatic rings. The van der Waals surface area contributed by atoms with Crippen LogP contribution in [0.1, 0.15) is 284 Å². The van der Waals surface area contributed by atoms with Gasteiger partial charge in [-0.1, -0.05) is 244 Å². The molecule has 6 heteroatoms. The minimum absolute atomic E-state index is 0.0733. The molecule has 3 N–H and O–H groups in total. The van der Waals surface area contributed by atoms with Crippen molar-refractivity contribution in [3.63, 3.8) is 0 Å². The van der Waals surface area contributed by atoms with Gasteiger partial charge in [-0.25, -0.2) is 0 Å². The number of nitrogens with one attached hydrogen (secondary N) is 1. The van der Waals surface area contributed by atoms with Crippen LogP contribution in [-0.4, -0.2) is 46.9 Å². The molecule has 0 spiro atoms. The van der Waals surface area contributed by atoms with Crippen molar-refractivity contribution in [3.8, 4) is 0 Å². The summed E-state index contributed by atoms with van der Waals surface area (Å²) in [6.45, 7) is 6.40. The van der Waals surface area contributed by atoms with E-state index < -0.39 is 18.2 Å². The van der Waals surface area contributed by atoms with Gasteiger partial charge < -0.3 is 20.3 Å². The lowest BCUT2D eigenvalue weighted by atomic mass is 10.0. The van der Waals surface area contributed by atoms with E-state index in [2.05, 4.69) is 50.4 Å². The second-order valence-corrected chi connectivity index (χ2v) is 18.3. The third-order valence-corrected chi connectivity index (χ3v) is 12.3. The first kappa shape index (κ1) is 58.3. The maximum Gasteiger partial charge on any atom is 0.306 e. The topological polar surface area (TPSA) is 95.9 Å². The van der Waals surface area contributed by atoms with Crippen LogP contribution < -0.4 is 5.32 Å². The molecule has 0 saturated carbocycles. The van der Waals surface area contributed by atoms with Crippen LogP contribution in [0.2, 0.25) is 0 Å². The zero-order valence-corrected chi connectivity index (χ0v) is 40.4. The Kier molecular flexibility index (Phi) is 47.0. The fraction of sp³-hybridized carbons (Fsp3) is 0.889. The number of aliphatic hydroxyl groups excluding tert-OH is 2. The van der Waals surface area contributed by atoms with Gasteiger partial charge in [0.2, 0.25) is 5.91 Å². The molecule has 0 aliphatic carbocycles. The molecule has 0 fully saturated rings. The van der Waals surface area contributed by atoms with Crippen molar-refractivity contribution in [3.05, 3.63) is 24.3 Å². The number of esters is 1. The smallest absolute Gasteiger partial charge is 0.306 e. The van der Waals surface area contributed by atoms with Crippen molar-refractivity contribution in [1.29, 1.82) is 0 Å². The lowest BCUT2D eigenvalue weighted by Crippen LogP contribution is -2.46. The summed E-state index contributed by atoms with van der Waals surface area (Å²) < 4.78 is 5.93. The molecule has 0 saturated heterocycles. The third-order valence-electron chi connectivity index (χ3n) is 12.3. The van der Waals surface area contributed by atoms with E-state index in [9.17, 15) is 19.8 Å². The van der Waals surface area contributed by atoms with Gasteiger partial charge in [0.15, 0.2) is 0 Å². The Bertz CT molecular complexity index is 950. The predicted molar refractivity (Wildman–Crippen MR) is 260 cm³/mol. The summed E-state index contributed by atoms with van der Waals surface area (Å²) >= 11 is 0. The molecule has 0 aromatic heterocycles. The third kappa shape index (κ3) is 43.0. The van der Waals surface area contributed by atoms with E-state index in [-0.39, 0.29) is 24.9 Å². The number of carbonyl (C=O) groups excluding carboxylic acids is 2. The second kappa shape index (κ2) is 48.4. The lowest BCUT2D eigenvalue weighted by molar-refractivity contribution is -0.151. The fourth-order valence-electron chi connectivity index (χ4n) is 8.29. The highest BCUT2D eigenvalue weighted by Crippen LogP contribution is 2.18. The Balaban J connectivity index is 4.49. The van der Waals surface area contributed by atoms with Gasteiger partial charge in [-0.2, -0.15) is 0 Å². The van der Waals surface area contributed by atoms with E-state index in [1.165, 1.54) is 167 Å². The number of amides is 1. The van der Waals surface area contributed by atoms with Crippen LogP contribution in [-0.2, 0) is 14.3 Å². The van der Waals surface area contributed by atoms with E-state index in [1.807, 2.05) is 0 Å². The summed E-state index contributed by atoms with van der Waals surface area (Å²) in [7, 11) is 0. The summed E-state index contributed by atoms with van der Waals surface area (Å²) in [5.74, 6) is -0.474. The number of allylic oxidation sites excluding steroid dienone is 4. The predicted octanol–water partition coefficient (Wildman–Crippen LogP) is 15.9. The van der Waals surface area contributed by atoms with Crippen molar-refractivity contribution in [1.82, 2.24) is 5.32 Å². The first-order valence-electron chi connectivity index (χ1n) is 26.6. The number of carbonyl (C=O) groups is 2. The second-order valence-electron chi connectivity index (χ2n) is 18.3. The standard InChI is InChI=1S/C54H103NO5/c1-4-7-10-13-16-19-22-25-26-27-29-31-34-37-40-43-46-52(57)51(49-56)55-53(58)48-50(45-42-39-36-33-30-24-21-18-15-12-9-6-3)60-54(59)47-44-41-38-35-32-28-23-20-17-14-11-8-5-2/h9,12,18,21,50-52,56-57H,4-8,10-11,13-17,19-20,22-49H2,1-3H3,(H,55,58)/b12-9+,21-18+. The lowest BCUT2D eigenvalue weighted by Gasteiger charge is -2.24. The zero-order valence-electron chi connectivity index (χ0n) is 40.4. The van der Waals surface area contributed by atoms with Crippen LogP contribution >= 0.6 is 0 Å². The van der Waals surface area contributed by atoms with Gasteiger partial charge in [0, 0.05) is 6.42 Å². The van der Waals surface area contributed by atoms with E-state index in [1.54, 1.807) is 0 Å². The van der Waals surface area contributed by atoms with Crippen LogP contribution in [0.3, 0.4) is 0 Å². The molecule has 0 rings (SSSR count). The van der Waals surface area contributed by atoms with Gasteiger partial charge >= 0.3 is 5.97 Å². The molecule has 0 aliphatic heterocycles. The largest absolute Gasteiger partial charge is 0.462 e. The van der Waals surface area contributed by atoms with Crippen LogP contribution in [0, 0.1) is 0 Å². The van der Waals surface area contributed by atoms with Crippen molar-refractivity contribution in [2.75, 3.05) is 6.61 Å². The summed E-state index contributed by atoms with van der Waals surface area (Å²) in [5, 5.41) is 23.8. The van der Waals surface area contributed by atoms with E-state index in [0.717, 1.165) is 70.6 Å². The van der Waals surface area contributed by atoms with Gasteiger partial charge in [-0.05, 0) is 51.4 Å². The molecule has 0 radical (unpaired) electrons. The van der Waals surface area contributed by atoms with Gasteiger partial charge in [0.1, 0.15) is 6.10 Å². The molecule has 354 valence electrons. The van der Waals surface area contributed by atoms with E-state index >= 15 is 0 Å². The van der Waals surface area contributed by atoms with Crippen LogP contribution in [0.4, 0.5) is 0 Å². The number of aliphatic hydroxyl groups is 2. The zero-order chi connectivity index (χ0) is 43.8. The SMILES string of the molecule is CC/C=C/C/C=C/CCCCCCCC(CC(=O)NC(CO)C(O)CCCCCCCCCCCCCCCCCC)OC(=O)CCCCCCCCCCCCCCC. The number of hydrogen-bond acceptors (Lipinski definition) is 5. The van der Waals surface area contributed by atoms with Crippen molar-refractivity contribution < 1.29 is 24.5 Å². The van der Waals surface area contributed by atoms with Crippen molar-refractivity contribution >= 4 is 11.9 Å². The Hall–Kier alpha value is -1.66. The maximum absolute atomic E-state index is 13.2. The molecule has 3 atom stereocenters. The number of hydrogen-bond donors (Lipinski definition) is 3. The quantitative estimate of drug-likeness (QED) is 0.0322. The van der Waals surface area contributed by atoms with E-state index in [4.69, 9.17) is 4.74 Å². The number of ether oxygens (including phenoxy) is 1. The highest BCUT2D eigenvalue weighted by Gasteiger charge is 2.24. The molecule has 3 unspecified atom stereocenters. The molecule has 1 amide bonds. The first-order chi connectivity index (χ1) is 29.5. The molecular weight excluding hydrogens is 743 g/mol. The first-order valence-corrected chi connectivity index (χ1v) is 26.6. The highest BCUT2D eigenvalue weighted by molar-refractivity contribution is 5.77. The summed E-state index contributed by atoms with van der Waals surface area (Å²) in [6, 6.07) is -0.701. The van der Waals surface area contributed by atoms with Crippen LogP contribution in [0.25, 0.3) is 0 Å². The van der Waals surface area contributed by atoms with Crippen LogP contribution in [0.15, 0.2) is 24.3 Å². The Morgan fingerprint density at radius 1 is 0.500 bits per heavy atom.